The van der Waals surface area contributed by atoms with E-state index in [4.69, 9.17) is 0 Å². The topological polar surface area (TPSA) is 110 Å². The van der Waals surface area contributed by atoms with Crippen molar-refractivity contribution in [3.63, 3.8) is 0 Å². The average molecular weight is 316 g/mol. The number of nitro benzene ring substituents is 1. The zero-order chi connectivity index (χ0) is 16.3. The SMILES string of the molecule is CCC(O)(CC)CNc1cccc(S(C)(=O)=O)c1[N+](=O)[O-]. The third-order valence-corrected chi connectivity index (χ3v) is 4.63. The summed E-state index contributed by atoms with van der Waals surface area (Å²) in [4.78, 5) is 10.1. The molecule has 118 valence electrons. The molecule has 1 aromatic carbocycles. The van der Waals surface area contributed by atoms with Crippen molar-refractivity contribution in [3.05, 3.63) is 28.3 Å². The summed E-state index contributed by atoms with van der Waals surface area (Å²) in [6.45, 7) is 3.73. The molecular formula is C13H20N2O5S. The molecule has 0 amide bonds. The first kappa shape index (κ1) is 17.4. The van der Waals surface area contributed by atoms with Crippen LogP contribution in [-0.2, 0) is 9.84 Å². The van der Waals surface area contributed by atoms with Gasteiger partial charge in [-0.1, -0.05) is 19.9 Å². The van der Waals surface area contributed by atoms with Gasteiger partial charge in [-0.25, -0.2) is 8.42 Å². The van der Waals surface area contributed by atoms with Crippen molar-refractivity contribution in [1.82, 2.24) is 0 Å². The molecule has 1 rings (SSSR count). The maximum atomic E-state index is 11.6. The number of benzene rings is 1. The van der Waals surface area contributed by atoms with Gasteiger partial charge in [-0.2, -0.15) is 0 Å². The maximum Gasteiger partial charge on any atom is 0.310 e. The van der Waals surface area contributed by atoms with E-state index in [-0.39, 0.29) is 17.1 Å². The summed E-state index contributed by atoms with van der Waals surface area (Å²) in [6, 6.07) is 4.06. The third-order valence-electron chi connectivity index (χ3n) is 3.51. The van der Waals surface area contributed by atoms with E-state index in [1.54, 1.807) is 0 Å². The van der Waals surface area contributed by atoms with Gasteiger partial charge in [0.05, 0.1) is 10.5 Å². The number of para-hydroxylation sites is 1. The number of hydrogen-bond donors (Lipinski definition) is 2. The standard InChI is InChI=1S/C13H20N2O5S/c1-4-13(16,5-2)9-14-10-7-6-8-11(21(3,19)20)12(10)15(17)18/h6-8,14,16H,4-5,9H2,1-3H3. The minimum atomic E-state index is -3.71. The molecule has 0 atom stereocenters. The van der Waals surface area contributed by atoms with E-state index in [1.807, 2.05) is 13.8 Å². The van der Waals surface area contributed by atoms with Crippen LogP contribution in [0.3, 0.4) is 0 Å². The average Bonchev–Trinajstić information content (AvgIpc) is 2.43. The number of nitrogens with zero attached hydrogens (tertiary/aromatic N) is 1. The van der Waals surface area contributed by atoms with Gasteiger partial charge in [0.1, 0.15) is 10.6 Å². The van der Waals surface area contributed by atoms with Gasteiger partial charge in [0.15, 0.2) is 9.84 Å². The quantitative estimate of drug-likeness (QED) is 0.588. The minimum absolute atomic E-state index is 0.0863. The normalized spacial score (nSPS) is 12.2. The van der Waals surface area contributed by atoms with Gasteiger partial charge < -0.3 is 10.4 Å². The predicted octanol–water partition coefficient (Wildman–Crippen LogP) is 1.96. The second-order valence-corrected chi connectivity index (χ2v) is 6.95. The Morgan fingerprint density at radius 3 is 2.33 bits per heavy atom. The fourth-order valence-electron chi connectivity index (χ4n) is 1.91. The maximum absolute atomic E-state index is 11.6. The van der Waals surface area contributed by atoms with Crippen molar-refractivity contribution in [1.29, 1.82) is 0 Å². The van der Waals surface area contributed by atoms with Crippen molar-refractivity contribution in [2.75, 3.05) is 18.1 Å². The summed E-state index contributed by atoms with van der Waals surface area (Å²) >= 11 is 0. The lowest BCUT2D eigenvalue weighted by molar-refractivity contribution is -0.386. The van der Waals surface area contributed by atoms with Crippen LogP contribution in [0.2, 0.25) is 0 Å². The van der Waals surface area contributed by atoms with Crippen molar-refractivity contribution in [3.8, 4) is 0 Å². The molecule has 0 aliphatic carbocycles. The first-order valence-electron chi connectivity index (χ1n) is 6.58. The van der Waals surface area contributed by atoms with Crippen LogP contribution < -0.4 is 5.32 Å². The van der Waals surface area contributed by atoms with E-state index >= 15 is 0 Å². The molecule has 21 heavy (non-hydrogen) atoms. The van der Waals surface area contributed by atoms with Crippen molar-refractivity contribution < 1.29 is 18.4 Å². The minimum Gasteiger partial charge on any atom is -0.388 e. The molecule has 0 saturated carbocycles. The molecule has 0 fully saturated rings. The zero-order valence-electron chi connectivity index (χ0n) is 12.3. The molecule has 0 radical (unpaired) electrons. The fourth-order valence-corrected chi connectivity index (χ4v) is 2.77. The van der Waals surface area contributed by atoms with Crippen LogP contribution in [0, 0.1) is 10.1 Å². The zero-order valence-corrected chi connectivity index (χ0v) is 13.1. The van der Waals surface area contributed by atoms with Crippen LogP contribution in [-0.4, -0.2) is 36.8 Å². The summed E-state index contributed by atoms with van der Waals surface area (Å²) in [5.74, 6) is 0. The van der Waals surface area contributed by atoms with E-state index < -0.39 is 26.0 Å². The fraction of sp³-hybridized carbons (Fsp3) is 0.538. The molecule has 0 saturated heterocycles. The summed E-state index contributed by atoms with van der Waals surface area (Å²) in [6.07, 6.45) is 1.89. The van der Waals surface area contributed by atoms with Crippen LogP contribution in [0.4, 0.5) is 11.4 Å². The molecule has 0 heterocycles. The summed E-state index contributed by atoms with van der Waals surface area (Å²) in [7, 11) is -3.71. The molecule has 0 aromatic heterocycles. The predicted molar refractivity (Wildman–Crippen MR) is 80.2 cm³/mol. The Kier molecular flexibility index (Phi) is 5.30. The lowest BCUT2D eigenvalue weighted by Gasteiger charge is -2.25. The largest absolute Gasteiger partial charge is 0.388 e. The highest BCUT2D eigenvalue weighted by Crippen LogP contribution is 2.32. The van der Waals surface area contributed by atoms with Gasteiger partial charge in [-0.3, -0.25) is 10.1 Å². The molecule has 0 bridgehead atoms. The molecule has 7 nitrogen and oxygen atoms in total. The highest BCUT2D eigenvalue weighted by atomic mass is 32.2. The number of anilines is 1. The first-order valence-corrected chi connectivity index (χ1v) is 8.47. The molecule has 0 aliphatic rings. The monoisotopic (exact) mass is 316 g/mol. The van der Waals surface area contributed by atoms with Gasteiger partial charge in [-0.15, -0.1) is 0 Å². The Bertz CT molecular complexity index is 623. The third kappa shape index (κ3) is 4.15. The molecule has 0 unspecified atom stereocenters. The molecule has 8 heteroatoms. The van der Waals surface area contributed by atoms with E-state index in [2.05, 4.69) is 5.32 Å². The highest BCUT2D eigenvalue weighted by Gasteiger charge is 2.28. The Labute approximate surface area is 124 Å². The lowest BCUT2D eigenvalue weighted by Crippen LogP contribution is -2.35. The van der Waals surface area contributed by atoms with E-state index in [9.17, 15) is 23.6 Å². The van der Waals surface area contributed by atoms with Gasteiger partial charge in [0.2, 0.25) is 0 Å². The van der Waals surface area contributed by atoms with Crippen molar-refractivity contribution in [2.45, 2.75) is 37.2 Å². The molecule has 1 aromatic rings. The van der Waals surface area contributed by atoms with Crippen LogP contribution in [0.5, 0.6) is 0 Å². The summed E-state index contributed by atoms with van der Waals surface area (Å²) in [5, 5.41) is 24.2. The van der Waals surface area contributed by atoms with Gasteiger partial charge >= 0.3 is 5.69 Å². The number of rotatable bonds is 7. The molecule has 2 N–H and O–H groups in total. The number of nitro groups is 1. The smallest absolute Gasteiger partial charge is 0.310 e. The highest BCUT2D eigenvalue weighted by molar-refractivity contribution is 7.90. The van der Waals surface area contributed by atoms with Gasteiger partial charge in [0.25, 0.3) is 0 Å². The Morgan fingerprint density at radius 2 is 1.90 bits per heavy atom. The van der Waals surface area contributed by atoms with E-state index in [0.717, 1.165) is 6.26 Å². The van der Waals surface area contributed by atoms with Crippen LogP contribution in [0.15, 0.2) is 23.1 Å². The lowest BCUT2D eigenvalue weighted by atomic mass is 9.97. The Hall–Kier alpha value is -1.67. The Morgan fingerprint density at radius 1 is 1.33 bits per heavy atom. The van der Waals surface area contributed by atoms with Crippen LogP contribution >= 0.6 is 0 Å². The summed E-state index contributed by atoms with van der Waals surface area (Å²) in [5.41, 5.74) is -1.40. The van der Waals surface area contributed by atoms with Gasteiger partial charge in [-0.05, 0) is 25.0 Å². The molecular weight excluding hydrogens is 296 g/mol. The van der Waals surface area contributed by atoms with E-state index in [0.29, 0.717) is 12.8 Å². The van der Waals surface area contributed by atoms with Crippen molar-refractivity contribution >= 4 is 21.2 Å². The van der Waals surface area contributed by atoms with Gasteiger partial charge in [0, 0.05) is 12.8 Å². The number of hydrogen-bond acceptors (Lipinski definition) is 6. The second kappa shape index (κ2) is 6.40. The summed E-state index contributed by atoms with van der Waals surface area (Å²) < 4.78 is 23.3. The van der Waals surface area contributed by atoms with Crippen molar-refractivity contribution in [2.24, 2.45) is 0 Å². The Balaban J connectivity index is 3.23. The molecule has 0 aliphatic heterocycles. The van der Waals surface area contributed by atoms with Crippen LogP contribution in [0.1, 0.15) is 26.7 Å². The van der Waals surface area contributed by atoms with Crippen LogP contribution in [0.25, 0.3) is 0 Å². The second-order valence-electron chi connectivity index (χ2n) is 4.97. The number of nitrogens with one attached hydrogen (secondary N) is 1. The molecule has 0 spiro atoms. The van der Waals surface area contributed by atoms with E-state index in [1.165, 1.54) is 18.2 Å². The first-order chi connectivity index (χ1) is 9.64. The number of aliphatic hydroxyl groups is 1. The number of sulfone groups is 1.